The maximum absolute atomic E-state index is 6.50. The minimum absolute atomic E-state index is 0.156. The highest BCUT2D eigenvalue weighted by Gasteiger charge is 2.37. The summed E-state index contributed by atoms with van der Waals surface area (Å²) in [5.74, 6) is 0.703. The third-order valence-corrected chi connectivity index (χ3v) is 11.7. The molecule has 2 heterocycles. The van der Waals surface area contributed by atoms with Crippen LogP contribution in [-0.2, 0) is 5.41 Å². The molecule has 264 valence electrons. The summed E-state index contributed by atoms with van der Waals surface area (Å²) in [6.07, 6.45) is 0. The van der Waals surface area contributed by atoms with Crippen molar-refractivity contribution in [1.29, 1.82) is 0 Å². The van der Waals surface area contributed by atoms with Crippen molar-refractivity contribution in [3.8, 4) is 67.3 Å². The number of hydrogen-bond donors (Lipinski definition) is 0. The fourth-order valence-corrected chi connectivity index (χ4v) is 8.82. The van der Waals surface area contributed by atoms with Crippen LogP contribution in [0.1, 0.15) is 25.0 Å². The SMILES string of the molecule is CC1(C)c2cc3ccccc3cc2-c2c(-c3cc(-c4cccc(-c5cc(-c6ccccc6)c6oc7ccccc7c6c5)c4)nc(-c4ccccc4)n3)cccc21. The van der Waals surface area contributed by atoms with Crippen molar-refractivity contribution in [1.82, 2.24) is 9.97 Å². The minimum Gasteiger partial charge on any atom is -0.455 e. The highest BCUT2D eigenvalue weighted by atomic mass is 16.3. The molecule has 0 saturated carbocycles. The predicted molar refractivity (Wildman–Crippen MR) is 232 cm³/mol. The Morgan fingerprint density at radius 3 is 1.89 bits per heavy atom. The van der Waals surface area contributed by atoms with E-state index in [1.807, 2.05) is 18.2 Å². The van der Waals surface area contributed by atoms with Gasteiger partial charge in [-0.3, -0.25) is 0 Å². The molecule has 0 spiro atoms. The first-order valence-electron chi connectivity index (χ1n) is 19.2. The Hall–Kier alpha value is -7.10. The second-order valence-electron chi connectivity index (χ2n) is 15.4. The summed E-state index contributed by atoms with van der Waals surface area (Å²) < 4.78 is 6.50. The molecule has 0 N–H and O–H groups in total. The molecule has 56 heavy (non-hydrogen) atoms. The van der Waals surface area contributed by atoms with Crippen molar-refractivity contribution in [2.45, 2.75) is 19.3 Å². The molecule has 0 bridgehead atoms. The number of furan rings is 1. The Balaban J connectivity index is 1.11. The molecular weight excluding hydrogens is 681 g/mol. The van der Waals surface area contributed by atoms with E-state index in [-0.39, 0.29) is 5.41 Å². The largest absolute Gasteiger partial charge is 0.455 e. The van der Waals surface area contributed by atoms with E-state index in [0.29, 0.717) is 5.82 Å². The highest BCUT2D eigenvalue weighted by Crippen LogP contribution is 2.53. The fourth-order valence-electron chi connectivity index (χ4n) is 8.82. The summed E-state index contributed by atoms with van der Waals surface area (Å²) in [5, 5.41) is 4.72. The van der Waals surface area contributed by atoms with Gasteiger partial charge in [-0.1, -0.05) is 153 Å². The molecule has 11 rings (SSSR count). The molecule has 2 aromatic heterocycles. The van der Waals surface area contributed by atoms with Crippen molar-refractivity contribution >= 4 is 32.7 Å². The van der Waals surface area contributed by atoms with Gasteiger partial charge in [0.1, 0.15) is 11.2 Å². The molecule has 0 radical (unpaired) electrons. The fraction of sp³-hybridized carbons (Fsp3) is 0.0566. The van der Waals surface area contributed by atoms with Crippen LogP contribution in [0, 0.1) is 0 Å². The van der Waals surface area contributed by atoms with Gasteiger partial charge < -0.3 is 4.42 Å². The Morgan fingerprint density at radius 1 is 0.411 bits per heavy atom. The summed E-state index contributed by atoms with van der Waals surface area (Å²) in [6.45, 7) is 4.69. The molecule has 0 atom stereocenters. The van der Waals surface area contributed by atoms with Gasteiger partial charge in [0.15, 0.2) is 5.82 Å². The molecule has 0 unspecified atom stereocenters. The normalized spacial score (nSPS) is 13.0. The lowest BCUT2D eigenvalue weighted by atomic mass is 9.81. The molecule has 10 aromatic rings. The smallest absolute Gasteiger partial charge is 0.160 e. The van der Waals surface area contributed by atoms with E-state index < -0.39 is 0 Å². The van der Waals surface area contributed by atoms with Crippen LogP contribution in [0.15, 0.2) is 186 Å². The van der Waals surface area contributed by atoms with Crippen molar-refractivity contribution in [3.05, 3.63) is 193 Å². The van der Waals surface area contributed by atoms with Gasteiger partial charge in [0.05, 0.1) is 11.4 Å². The molecule has 0 aliphatic heterocycles. The second kappa shape index (κ2) is 12.5. The standard InChI is InChI=1S/C53H36N2O/c1-53(2)45-25-14-24-41(50(45)44-28-36-19-9-10-20-37(36)31-46(44)53)48-32-47(54-52(55-48)34-17-7-4-8-18-34)38-22-13-21-35(27-38)39-29-42(33-15-5-3-6-16-33)51-43(30-39)40-23-11-12-26-49(40)56-51/h3-32H,1-2H3. The maximum atomic E-state index is 6.50. The Labute approximate surface area is 325 Å². The van der Waals surface area contributed by atoms with Crippen LogP contribution in [0.2, 0.25) is 0 Å². The van der Waals surface area contributed by atoms with Crippen molar-refractivity contribution < 1.29 is 4.42 Å². The average Bonchev–Trinajstić information content (AvgIpc) is 3.74. The van der Waals surface area contributed by atoms with Gasteiger partial charge in [0.25, 0.3) is 0 Å². The van der Waals surface area contributed by atoms with E-state index in [2.05, 4.69) is 178 Å². The van der Waals surface area contributed by atoms with Crippen LogP contribution in [0.4, 0.5) is 0 Å². The zero-order valence-electron chi connectivity index (χ0n) is 31.1. The first-order chi connectivity index (χ1) is 27.5. The third kappa shape index (κ3) is 5.12. The summed E-state index contributed by atoms with van der Waals surface area (Å²) >= 11 is 0. The van der Waals surface area contributed by atoms with Crippen LogP contribution >= 0.6 is 0 Å². The molecule has 0 saturated heterocycles. The van der Waals surface area contributed by atoms with E-state index in [9.17, 15) is 0 Å². The first kappa shape index (κ1) is 32.3. The molecule has 3 heteroatoms. The lowest BCUT2D eigenvalue weighted by Gasteiger charge is -2.22. The van der Waals surface area contributed by atoms with Crippen LogP contribution in [-0.4, -0.2) is 9.97 Å². The number of nitrogens with zero attached hydrogens (tertiary/aromatic N) is 2. The van der Waals surface area contributed by atoms with E-state index in [1.165, 1.54) is 33.0 Å². The second-order valence-corrected chi connectivity index (χ2v) is 15.4. The number of hydrogen-bond acceptors (Lipinski definition) is 3. The average molecular weight is 717 g/mol. The zero-order valence-corrected chi connectivity index (χ0v) is 31.1. The summed E-state index contributed by atoms with van der Waals surface area (Å²) in [4.78, 5) is 10.6. The molecule has 1 aliphatic rings. The van der Waals surface area contributed by atoms with Gasteiger partial charge in [-0.2, -0.15) is 0 Å². The molecule has 3 nitrogen and oxygen atoms in total. The van der Waals surface area contributed by atoms with Crippen LogP contribution < -0.4 is 0 Å². The van der Waals surface area contributed by atoms with Crippen LogP contribution in [0.3, 0.4) is 0 Å². The molecule has 1 aliphatic carbocycles. The zero-order chi connectivity index (χ0) is 37.4. The van der Waals surface area contributed by atoms with Gasteiger partial charge in [-0.05, 0) is 92.2 Å². The van der Waals surface area contributed by atoms with Gasteiger partial charge >= 0.3 is 0 Å². The third-order valence-electron chi connectivity index (χ3n) is 11.7. The first-order valence-corrected chi connectivity index (χ1v) is 19.2. The number of fused-ring (bicyclic) bond motifs is 7. The van der Waals surface area contributed by atoms with Crippen molar-refractivity contribution in [3.63, 3.8) is 0 Å². The van der Waals surface area contributed by atoms with Crippen LogP contribution in [0.5, 0.6) is 0 Å². The van der Waals surface area contributed by atoms with E-state index in [1.54, 1.807) is 0 Å². The quantitative estimate of drug-likeness (QED) is 0.178. The highest BCUT2D eigenvalue weighted by molar-refractivity contribution is 6.11. The van der Waals surface area contributed by atoms with Crippen LogP contribution in [0.25, 0.3) is 100.0 Å². The number of para-hydroxylation sites is 1. The Bertz CT molecular complexity index is 3160. The van der Waals surface area contributed by atoms with Gasteiger partial charge in [0.2, 0.25) is 0 Å². The topological polar surface area (TPSA) is 38.9 Å². The minimum atomic E-state index is -0.156. The van der Waals surface area contributed by atoms with Crippen molar-refractivity contribution in [2.24, 2.45) is 0 Å². The van der Waals surface area contributed by atoms with Gasteiger partial charge in [-0.15, -0.1) is 0 Å². The van der Waals surface area contributed by atoms with Gasteiger partial charge in [-0.25, -0.2) is 9.97 Å². The monoisotopic (exact) mass is 716 g/mol. The summed E-state index contributed by atoms with van der Waals surface area (Å²) in [7, 11) is 0. The van der Waals surface area contributed by atoms with E-state index in [4.69, 9.17) is 14.4 Å². The molecule has 8 aromatic carbocycles. The van der Waals surface area contributed by atoms with E-state index in [0.717, 1.165) is 72.3 Å². The Kier molecular flexibility index (Phi) is 7.20. The number of benzene rings is 8. The summed E-state index contributed by atoms with van der Waals surface area (Å²) in [5.41, 5.74) is 16.2. The van der Waals surface area contributed by atoms with Crippen molar-refractivity contribution in [2.75, 3.05) is 0 Å². The number of aromatic nitrogens is 2. The lowest BCUT2D eigenvalue weighted by molar-refractivity contribution is 0.661. The summed E-state index contributed by atoms with van der Waals surface area (Å²) in [6, 6.07) is 64.7. The molecular formula is C53H36N2O. The number of rotatable bonds is 5. The molecule has 0 amide bonds. The predicted octanol–water partition coefficient (Wildman–Crippen LogP) is 14.2. The Morgan fingerprint density at radius 2 is 1.07 bits per heavy atom. The molecule has 0 fully saturated rings. The maximum Gasteiger partial charge on any atom is 0.160 e. The van der Waals surface area contributed by atoms with Gasteiger partial charge in [0, 0.05) is 38.4 Å². The van der Waals surface area contributed by atoms with E-state index >= 15 is 0 Å². The lowest BCUT2D eigenvalue weighted by Crippen LogP contribution is -2.14.